The Labute approximate surface area is 136 Å². The lowest BCUT2D eigenvalue weighted by molar-refractivity contribution is -0.385. The van der Waals surface area contributed by atoms with Crippen molar-refractivity contribution in [3.05, 3.63) is 67.7 Å². The Hall–Kier alpha value is -1.49. The molecule has 0 atom stereocenters. The van der Waals surface area contributed by atoms with Crippen LogP contribution in [-0.4, -0.2) is 4.92 Å². The number of nitro groups is 1. The number of benzene rings is 2. The molecule has 7 heteroatoms. The van der Waals surface area contributed by atoms with Crippen molar-refractivity contribution in [2.45, 2.75) is 12.5 Å². The number of hydrogen-bond acceptors (Lipinski definition) is 3. The predicted molar refractivity (Wildman–Crippen MR) is 83.4 cm³/mol. The van der Waals surface area contributed by atoms with Gasteiger partial charge in [-0.25, -0.2) is 0 Å². The zero-order valence-electron chi connectivity index (χ0n) is 10.7. The quantitative estimate of drug-likeness (QED) is 0.424. The van der Waals surface area contributed by atoms with E-state index in [2.05, 4.69) is 0 Å². The Morgan fingerprint density at radius 3 is 2.62 bits per heavy atom. The van der Waals surface area contributed by atoms with E-state index in [1.165, 1.54) is 6.07 Å². The molecule has 0 saturated heterocycles. The van der Waals surface area contributed by atoms with Crippen LogP contribution in [0.2, 0.25) is 10.0 Å². The Kier molecular flexibility index (Phi) is 5.28. The molecular weight excluding hydrogens is 337 g/mol. The SMILES string of the molecule is O=[N+]([O-])c1cc(Cl)ccc1COc1cccc(Cl)c1CCl. The van der Waals surface area contributed by atoms with Crippen molar-refractivity contribution in [1.29, 1.82) is 0 Å². The minimum Gasteiger partial charge on any atom is -0.488 e. The highest BCUT2D eigenvalue weighted by atomic mass is 35.5. The summed E-state index contributed by atoms with van der Waals surface area (Å²) in [5.74, 6) is 0.694. The minimum absolute atomic E-state index is 0.0255. The molecule has 0 radical (unpaired) electrons. The van der Waals surface area contributed by atoms with Gasteiger partial charge in [-0.15, -0.1) is 11.6 Å². The van der Waals surface area contributed by atoms with Gasteiger partial charge < -0.3 is 4.74 Å². The summed E-state index contributed by atoms with van der Waals surface area (Å²) in [6, 6.07) is 9.58. The zero-order valence-corrected chi connectivity index (χ0v) is 13.0. The van der Waals surface area contributed by atoms with E-state index in [-0.39, 0.29) is 18.2 Å². The average Bonchev–Trinajstić information content (AvgIpc) is 2.45. The Morgan fingerprint density at radius 2 is 1.95 bits per heavy atom. The number of alkyl halides is 1. The molecule has 0 aromatic heterocycles. The molecule has 4 nitrogen and oxygen atoms in total. The fourth-order valence-electron chi connectivity index (χ4n) is 1.79. The summed E-state index contributed by atoms with van der Waals surface area (Å²) in [7, 11) is 0. The van der Waals surface area contributed by atoms with Crippen LogP contribution >= 0.6 is 34.8 Å². The van der Waals surface area contributed by atoms with E-state index in [0.717, 1.165) is 0 Å². The van der Waals surface area contributed by atoms with E-state index < -0.39 is 4.92 Å². The molecule has 2 aromatic carbocycles. The van der Waals surface area contributed by atoms with Crippen LogP contribution in [0.1, 0.15) is 11.1 Å². The lowest BCUT2D eigenvalue weighted by Crippen LogP contribution is -2.02. The van der Waals surface area contributed by atoms with Crippen LogP contribution in [0.4, 0.5) is 5.69 Å². The Balaban J connectivity index is 2.25. The van der Waals surface area contributed by atoms with Crippen LogP contribution in [0.3, 0.4) is 0 Å². The third-order valence-corrected chi connectivity index (χ3v) is 3.69. The molecule has 0 fully saturated rings. The van der Waals surface area contributed by atoms with Crippen LogP contribution in [0.15, 0.2) is 36.4 Å². The number of rotatable bonds is 5. The fraction of sp³-hybridized carbons (Fsp3) is 0.143. The molecule has 0 unspecified atom stereocenters. The highest BCUT2D eigenvalue weighted by Crippen LogP contribution is 2.30. The van der Waals surface area contributed by atoms with E-state index in [9.17, 15) is 10.1 Å². The van der Waals surface area contributed by atoms with Crippen LogP contribution in [0.25, 0.3) is 0 Å². The van der Waals surface area contributed by atoms with Gasteiger partial charge >= 0.3 is 0 Å². The van der Waals surface area contributed by atoms with Gasteiger partial charge in [0.15, 0.2) is 0 Å². The third-order valence-electron chi connectivity index (χ3n) is 2.84. The van der Waals surface area contributed by atoms with Crippen molar-refractivity contribution in [3.8, 4) is 5.75 Å². The number of hydrogen-bond donors (Lipinski definition) is 0. The molecular formula is C14H10Cl3NO3. The fourth-order valence-corrected chi connectivity index (χ4v) is 2.53. The summed E-state index contributed by atoms with van der Waals surface area (Å²) in [6.07, 6.45) is 0. The lowest BCUT2D eigenvalue weighted by atomic mass is 10.2. The first-order valence-electron chi connectivity index (χ1n) is 5.92. The summed E-state index contributed by atoms with van der Waals surface area (Å²) in [5.41, 5.74) is 0.985. The number of nitro benzene ring substituents is 1. The third kappa shape index (κ3) is 3.79. The predicted octanol–water partition coefficient (Wildman–Crippen LogP) is 5.22. The normalized spacial score (nSPS) is 10.4. The van der Waals surface area contributed by atoms with Crippen LogP contribution < -0.4 is 4.74 Å². The topological polar surface area (TPSA) is 52.4 Å². The summed E-state index contributed by atoms with van der Waals surface area (Å²) in [6.45, 7) is 0.0255. The van der Waals surface area contributed by atoms with E-state index in [1.54, 1.807) is 30.3 Å². The second kappa shape index (κ2) is 6.98. The van der Waals surface area contributed by atoms with Crippen molar-refractivity contribution < 1.29 is 9.66 Å². The number of halogens is 3. The van der Waals surface area contributed by atoms with Gasteiger partial charge in [0.2, 0.25) is 0 Å². The highest BCUT2D eigenvalue weighted by molar-refractivity contribution is 6.32. The molecule has 0 aliphatic carbocycles. The molecule has 21 heavy (non-hydrogen) atoms. The van der Waals surface area contributed by atoms with E-state index in [0.29, 0.717) is 26.9 Å². The molecule has 0 amide bonds. The minimum atomic E-state index is -0.495. The van der Waals surface area contributed by atoms with Gasteiger partial charge in [0.05, 0.1) is 16.4 Å². The molecule has 0 N–H and O–H groups in total. The van der Waals surface area contributed by atoms with Crippen LogP contribution in [0, 0.1) is 10.1 Å². The zero-order chi connectivity index (χ0) is 15.4. The first kappa shape index (κ1) is 15.9. The number of ether oxygens (including phenoxy) is 1. The lowest BCUT2D eigenvalue weighted by Gasteiger charge is -2.11. The smallest absolute Gasteiger partial charge is 0.277 e. The maximum Gasteiger partial charge on any atom is 0.277 e. The van der Waals surface area contributed by atoms with Crippen molar-refractivity contribution in [1.82, 2.24) is 0 Å². The first-order valence-corrected chi connectivity index (χ1v) is 7.21. The van der Waals surface area contributed by atoms with Crippen LogP contribution in [-0.2, 0) is 12.5 Å². The molecule has 0 bridgehead atoms. The largest absolute Gasteiger partial charge is 0.488 e. The first-order chi connectivity index (χ1) is 10.0. The Bertz CT molecular complexity index is 677. The summed E-state index contributed by atoms with van der Waals surface area (Å²) in [5, 5.41) is 11.8. The van der Waals surface area contributed by atoms with Gasteiger partial charge in [0, 0.05) is 21.7 Å². The van der Waals surface area contributed by atoms with Gasteiger partial charge in [-0.3, -0.25) is 10.1 Å². The van der Waals surface area contributed by atoms with Gasteiger partial charge in [-0.1, -0.05) is 29.3 Å². The highest BCUT2D eigenvalue weighted by Gasteiger charge is 2.15. The molecule has 0 saturated carbocycles. The van der Waals surface area contributed by atoms with Crippen molar-refractivity contribution in [2.75, 3.05) is 0 Å². The summed E-state index contributed by atoms with van der Waals surface area (Å²) in [4.78, 5) is 10.5. The second-order valence-electron chi connectivity index (χ2n) is 4.17. The molecule has 0 aliphatic rings. The maximum absolute atomic E-state index is 11.0. The van der Waals surface area contributed by atoms with E-state index in [4.69, 9.17) is 39.5 Å². The molecule has 110 valence electrons. The maximum atomic E-state index is 11.0. The number of nitrogens with zero attached hydrogens (tertiary/aromatic N) is 1. The van der Waals surface area contributed by atoms with Crippen molar-refractivity contribution in [3.63, 3.8) is 0 Å². The second-order valence-corrected chi connectivity index (χ2v) is 5.28. The molecule has 0 spiro atoms. The van der Waals surface area contributed by atoms with Gasteiger partial charge in [0.25, 0.3) is 5.69 Å². The van der Waals surface area contributed by atoms with Gasteiger partial charge in [-0.05, 0) is 24.3 Å². The standard InChI is InChI=1S/C14H10Cl3NO3/c15-7-11-12(17)2-1-3-14(11)21-8-9-4-5-10(16)6-13(9)18(19)20/h1-6H,7-8H2. The van der Waals surface area contributed by atoms with Gasteiger partial charge in [-0.2, -0.15) is 0 Å². The molecule has 2 aromatic rings. The van der Waals surface area contributed by atoms with E-state index in [1.807, 2.05) is 0 Å². The summed E-state index contributed by atoms with van der Waals surface area (Å²) >= 11 is 17.6. The average molecular weight is 347 g/mol. The monoisotopic (exact) mass is 345 g/mol. The molecule has 2 rings (SSSR count). The van der Waals surface area contributed by atoms with E-state index >= 15 is 0 Å². The molecule has 0 aliphatic heterocycles. The van der Waals surface area contributed by atoms with Crippen LogP contribution in [0.5, 0.6) is 5.75 Å². The summed E-state index contributed by atoms with van der Waals surface area (Å²) < 4.78 is 5.61. The Morgan fingerprint density at radius 1 is 1.19 bits per heavy atom. The molecule has 0 heterocycles. The van der Waals surface area contributed by atoms with Crippen molar-refractivity contribution >= 4 is 40.5 Å². The van der Waals surface area contributed by atoms with Crippen molar-refractivity contribution in [2.24, 2.45) is 0 Å². The van der Waals surface area contributed by atoms with Gasteiger partial charge in [0.1, 0.15) is 12.4 Å².